The monoisotopic (exact) mass is 216 g/mol. The van der Waals surface area contributed by atoms with E-state index in [0.29, 0.717) is 4.88 Å². The van der Waals surface area contributed by atoms with E-state index >= 15 is 0 Å². The van der Waals surface area contributed by atoms with Gasteiger partial charge in [-0.05, 0) is 12.1 Å². The summed E-state index contributed by atoms with van der Waals surface area (Å²) in [5, 5.41) is 2.21. The van der Waals surface area contributed by atoms with Crippen LogP contribution in [0, 0.1) is 0 Å². The summed E-state index contributed by atoms with van der Waals surface area (Å²) in [7, 11) is 0. The van der Waals surface area contributed by atoms with Crippen LogP contribution in [-0.2, 0) is 0 Å². The highest BCUT2D eigenvalue weighted by Gasteiger charge is 2.10. The molecule has 3 aromatic rings. The second-order valence-electron chi connectivity index (χ2n) is 3.39. The van der Waals surface area contributed by atoms with Gasteiger partial charge in [0.2, 0.25) is 0 Å². The van der Waals surface area contributed by atoms with Gasteiger partial charge in [-0.15, -0.1) is 11.3 Å². The number of aromatic amines is 1. The van der Waals surface area contributed by atoms with Gasteiger partial charge in [0, 0.05) is 16.3 Å². The molecule has 3 nitrogen and oxygen atoms in total. The first kappa shape index (κ1) is 8.49. The third kappa shape index (κ3) is 1.15. The number of amides is 1. The van der Waals surface area contributed by atoms with E-state index in [1.54, 1.807) is 0 Å². The molecule has 0 fully saturated rings. The molecule has 1 aromatic carbocycles. The molecule has 2 heterocycles. The Morgan fingerprint density at radius 1 is 1.27 bits per heavy atom. The van der Waals surface area contributed by atoms with E-state index in [1.807, 2.05) is 30.3 Å². The molecule has 0 unspecified atom stereocenters. The number of rotatable bonds is 1. The minimum absolute atomic E-state index is 0.367. The Balaban J connectivity index is 2.42. The summed E-state index contributed by atoms with van der Waals surface area (Å²) in [6.45, 7) is 0. The molecule has 4 heteroatoms. The fourth-order valence-corrected chi connectivity index (χ4v) is 2.69. The number of hydrogen-bond donors (Lipinski definition) is 2. The predicted octanol–water partition coefficient (Wildman–Crippen LogP) is 2.48. The Hall–Kier alpha value is -1.81. The van der Waals surface area contributed by atoms with Crippen LogP contribution in [0.2, 0.25) is 0 Å². The van der Waals surface area contributed by atoms with Crippen molar-refractivity contribution in [3.8, 4) is 0 Å². The van der Waals surface area contributed by atoms with Crippen LogP contribution in [0.4, 0.5) is 0 Å². The number of nitrogens with two attached hydrogens (primary N) is 1. The van der Waals surface area contributed by atoms with Gasteiger partial charge in [-0.3, -0.25) is 4.79 Å². The topological polar surface area (TPSA) is 58.9 Å². The molecule has 0 bridgehead atoms. The van der Waals surface area contributed by atoms with Crippen molar-refractivity contribution in [2.75, 3.05) is 0 Å². The predicted molar refractivity (Wildman–Crippen MR) is 62.2 cm³/mol. The Morgan fingerprint density at radius 3 is 2.87 bits per heavy atom. The third-order valence-electron chi connectivity index (χ3n) is 2.44. The van der Waals surface area contributed by atoms with Gasteiger partial charge in [0.05, 0.1) is 4.88 Å². The molecule has 3 rings (SSSR count). The summed E-state index contributed by atoms with van der Waals surface area (Å²) < 4.78 is 0. The molecule has 0 aliphatic rings. The molecule has 0 aliphatic carbocycles. The molecule has 2 aromatic heterocycles. The van der Waals surface area contributed by atoms with E-state index in [4.69, 9.17) is 5.73 Å². The van der Waals surface area contributed by atoms with Gasteiger partial charge in [-0.25, -0.2) is 0 Å². The minimum Gasteiger partial charge on any atom is -0.365 e. The first-order valence-electron chi connectivity index (χ1n) is 4.56. The van der Waals surface area contributed by atoms with E-state index in [0.717, 1.165) is 21.1 Å². The number of aromatic nitrogens is 1. The van der Waals surface area contributed by atoms with Crippen LogP contribution in [0.1, 0.15) is 9.67 Å². The molecule has 1 amide bonds. The fourth-order valence-electron chi connectivity index (χ4n) is 1.75. The molecule has 74 valence electrons. The normalized spacial score (nSPS) is 11.2. The summed E-state index contributed by atoms with van der Waals surface area (Å²) in [5.74, 6) is -0.367. The summed E-state index contributed by atoms with van der Waals surface area (Å²) in [5.41, 5.74) is 6.33. The van der Waals surface area contributed by atoms with E-state index in [2.05, 4.69) is 4.98 Å². The van der Waals surface area contributed by atoms with Crippen LogP contribution in [0.15, 0.2) is 30.3 Å². The lowest BCUT2D eigenvalue weighted by Gasteiger charge is -1.87. The van der Waals surface area contributed by atoms with Gasteiger partial charge in [-0.1, -0.05) is 18.2 Å². The van der Waals surface area contributed by atoms with Crippen molar-refractivity contribution >= 4 is 38.4 Å². The van der Waals surface area contributed by atoms with E-state index in [1.165, 1.54) is 11.3 Å². The molecule has 0 atom stereocenters. The first-order chi connectivity index (χ1) is 7.25. The van der Waals surface area contributed by atoms with Gasteiger partial charge in [0.25, 0.3) is 5.91 Å². The highest BCUT2D eigenvalue weighted by Crippen LogP contribution is 2.31. The van der Waals surface area contributed by atoms with E-state index < -0.39 is 0 Å². The maximum Gasteiger partial charge on any atom is 0.258 e. The van der Waals surface area contributed by atoms with Crippen molar-refractivity contribution in [3.63, 3.8) is 0 Å². The standard InChI is InChI=1S/C11H8N2OS/c12-10(14)9-5-7-6-3-1-2-4-8(6)13-11(7)15-9/h1-5,13H,(H2,12,14). The zero-order chi connectivity index (χ0) is 10.4. The van der Waals surface area contributed by atoms with Crippen molar-refractivity contribution in [2.24, 2.45) is 5.73 Å². The lowest BCUT2D eigenvalue weighted by molar-refractivity contribution is 0.100. The van der Waals surface area contributed by atoms with Crippen molar-refractivity contribution in [1.82, 2.24) is 4.98 Å². The highest BCUT2D eigenvalue weighted by atomic mass is 32.1. The number of H-pyrrole nitrogens is 1. The number of carbonyl (C=O) groups is 1. The van der Waals surface area contributed by atoms with Crippen LogP contribution in [0.5, 0.6) is 0 Å². The number of benzene rings is 1. The van der Waals surface area contributed by atoms with Crippen LogP contribution in [0.25, 0.3) is 21.1 Å². The molecular weight excluding hydrogens is 208 g/mol. The summed E-state index contributed by atoms with van der Waals surface area (Å²) in [4.78, 5) is 15.9. The molecule has 0 saturated heterocycles. The Kier molecular flexibility index (Phi) is 1.61. The number of thiophene rings is 1. The fraction of sp³-hybridized carbons (Fsp3) is 0. The van der Waals surface area contributed by atoms with Crippen LogP contribution < -0.4 is 5.73 Å². The van der Waals surface area contributed by atoms with Crippen molar-refractivity contribution in [2.45, 2.75) is 0 Å². The van der Waals surface area contributed by atoms with Crippen LogP contribution in [0.3, 0.4) is 0 Å². The molecule has 0 saturated carbocycles. The average Bonchev–Trinajstić information content (AvgIpc) is 2.73. The number of primary amides is 1. The van der Waals surface area contributed by atoms with E-state index in [9.17, 15) is 4.79 Å². The lowest BCUT2D eigenvalue weighted by atomic mass is 10.2. The van der Waals surface area contributed by atoms with E-state index in [-0.39, 0.29) is 5.91 Å². The summed E-state index contributed by atoms with van der Waals surface area (Å²) >= 11 is 1.40. The molecule has 3 N–H and O–H groups in total. The van der Waals surface area contributed by atoms with Crippen LogP contribution in [-0.4, -0.2) is 10.9 Å². The average molecular weight is 216 g/mol. The van der Waals surface area contributed by atoms with Gasteiger partial charge < -0.3 is 10.7 Å². The van der Waals surface area contributed by atoms with Gasteiger partial charge >= 0.3 is 0 Å². The quantitative estimate of drug-likeness (QED) is 0.645. The van der Waals surface area contributed by atoms with Crippen molar-refractivity contribution in [1.29, 1.82) is 0 Å². The lowest BCUT2D eigenvalue weighted by Crippen LogP contribution is -2.08. The second-order valence-corrected chi connectivity index (χ2v) is 4.44. The summed E-state index contributed by atoms with van der Waals surface area (Å²) in [6, 6.07) is 9.87. The molecule has 15 heavy (non-hydrogen) atoms. The SMILES string of the molecule is NC(=O)c1cc2c([nH]c3ccccc32)s1. The number of carbonyl (C=O) groups excluding carboxylic acids is 1. The molecule has 0 radical (unpaired) electrons. The van der Waals surface area contributed by atoms with Gasteiger partial charge in [-0.2, -0.15) is 0 Å². The zero-order valence-corrected chi connectivity index (χ0v) is 8.60. The maximum absolute atomic E-state index is 11.0. The Bertz CT molecular complexity index is 665. The largest absolute Gasteiger partial charge is 0.365 e. The van der Waals surface area contributed by atoms with Crippen molar-refractivity contribution < 1.29 is 4.79 Å². The Labute approximate surface area is 89.5 Å². The van der Waals surface area contributed by atoms with Crippen LogP contribution >= 0.6 is 11.3 Å². The first-order valence-corrected chi connectivity index (χ1v) is 5.37. The number of nitrogens with one attached hydrogen (secondary N) is 1. The highest BCUT2D eigenvalue weighted by molar-refractivity contribution is 7.20. The summed E-state index contributed by atoms with van der Waals surface area (Å²) in [6.07, 6.45) is 0. The molecular formula is C11H8N2OS. The van der Waals surface area contributed by atoms with Gasteiger partial charge in [0.15, 0.2) is 0 Å². The van der Waals surface area contributed by atoms with Gasteiger partial charge in [0.1, 0.15) is 4.83 Å². The van der Waals surface area contributed by atoms with Crippen molar-refractivity contribution in [3.05, 3.63) is 35.2 Å². The Morgan fingerprint density at radius 2 is 2.07 bits per heavy atom. The smallest absolute Gasteiger partial charge is 0.258 e. The maximum atomic E-state index is 11.0. The third-order valence-corrected chi connectivity index (χ3v) is 3.51. The molecule has 0 aliphatic heterocycles. The second kappa shape index (κ2) is 2.84. The minimum atomic E-state index is -0.367. The zero-order valence-electron chi connectivity index (χ0n) is 7.78. The number of hydrogen-bond acceptors (Lipinski definition) is 2. The number of fused-ring (bicyclic) bond motifs is 3. The molecule has 0 spiro atoms. The number of para-hydroxylation sites is 1.